The van der Waals surface area contributed by atoms with E-state index in [-0.39, 0.29) is 0 Å². The molecule has 0 aliphatic heterocycles. The van der Waals surface area contributed by atoms with E-state index < -0.39 is 0 Å². The summed E-state index contributed by atoms with van der Waals surface area (Å²) < 4.78 is 0. The van der Waals surface area contributed by atoms with Crippen LogP contribution >= 0.6 is 0 Å². The van der Waals surface area contributed by atoms with E-state index in [4.69, 9.17) is 0 Å². The first-order valence-electron chi connectivity index (χ1n) is 11.7. The maximum absolute atomic E-state index is 2.47. The highest BCUT2D eigenvalue weighted by molar-refractivity contribution is 4.86. The molecule has 6 atom stereocenters. The van der Waals surface area contributed by atoms with Crippen molar-refractivity contribution in [1.82, 2.24) is 0 Å². The Labute approximate surface area is 152 Å². The van der Waals surface area contributed by atoms with Gasteiger partial charge in [-0.1, -0.05) is 91.4 Å². The highest BCUT2D eigenvalue weighted by Gasteiger charge is 2.35. The molecular weight excluding hydrogens is 288 g/mol. The minimum Gasteiger partial charge on any atom is -0.0625 e. The summed E-state index contributed by atoms with van der Waals surface area (Å²) in [6.45, 7) is 7.34. The van der Waals surface area contributed by atoms with Crippen LogP contribution in [-0.2, 0) is 0 Å². The maximum Gasteiger partial charge on any atom is -0.0355 e. The predicted molar refractivity (Wildman–Crippen MR) is 106 cm³/mol. The number of hydrogen-bond donors (Lipinski definition) is 0. The molecule has 4 fully saturated rings. The zero-order valence-electron chi connectivity index (χ0n) is 16.9. The molecule has 0 aromatic heterocycles. The molecule has 0 bridgehead atoms. The summed E-state index contributed by atoms with van der Waals surface area (Å²) in [5.74, 6) is 7.54. The van der Waals surface area contributed by atoms with Crippen molar-refractivity contribution in [3.63, 3.8) is 0 Å². The van der Waals surface area contributed by atoms with E-state index in [1.165, 1.54) is 51.4 Å². The molecule has 140 valence electrons. The summed E-state index contributed by atoms with van der Waals surface area (Å²) in [4.78, 5) is 0. The molecule has 4 unspecified atom stereocenters. The van der Waals surface area contributed by atoms with Crippen LogP contribution in [-0.4, -0.2) is 0 Å². The van der Waals surface area contributed by atoms with Crippen molar-refractivity contribution >= 4 is 0 Å². The van der Waals surface area contributed by atoms with Crippen molar-refractivity contribution in [1.29, 1.82) is 0 Å². The van der Waals surface area contributed by atoms with Crippen molar-refractivity contribution in [2.24, 2.45) is 41.4 Å². The third-order valence-electron chi connectivity index (χ3n) is 8.42. The molecule has 4 aliphatic rings. The normalized spacial score (nSPS) is 42.5. The second kappa shape index (κ2) is 9.09. The lowest BCUT2D eigenvalue weighted by Gasteiger charge is -2.43. The highest BCUT2D eigenvalue weighted by Crippen LogP contribution is 2.46. The summed E-state index contributed by atoms with van der Waals surface area (Å²) in [6, 6.07) is 0. The summed E-state index contributed by atoms with van der Waals surface area (Å²) >= 11 is 0. The van der Waals surface area contributed by atoms with Gasteiger partial charge in [-0.05, 0) is 60.7 Å². The fourth-order valence-electron chi connectivity index (χ4n) is 7.08. The topological polar surface area (TPSA) is 0 Å². The van der Waals surface area contributed by atoms with Gasteiger partial charge in [-0.3, -0.25) is 0 Å². The molecule has 0 saturated heterocycles. The van der Waals surface area contributed by atoms with Crippen molar-refractivity contribution < 1.29 is 0 Å². The summed E-state index contributed by atoms with van der Waals surface area (Å²) in [5.41, 5.74) is 0. The molecule has 0 heterocycles. The maximum atomic E-state index is 2.47. The Morgan fingerprint density at radius 3 is 1.67 bits per heavy atom. The smallest absolute Gasteiger partial charge is 0.0355 e. The van der Waals surface area contributed by atoms with E-state index >= 15 is 0 Å². The molecule has 0 spiro atoms. The highest BCUT2D eigenvalue weighted by atomic mass is 14.4. The molecule has 0 N–H and O–H groups in total. The quantitative estimate of drug-likeness (QED) is 0.458. The molecule has 0 aromatic carbocycles. The van der Waals surface area contributed by atoms with E-state index in [0.29, 0.717) is 0 Å². The molecule has 4 aliphatic carbocycles. The minimum atomic E-state index is 0.936. The van der Waals surface area contributed by atoms with Gasteiger partial charge in [0.15, 0.2) is 0 Å². The molecule has 0 radical (unpaired) electrons. The van der Waals surface area contributed by atoms with Crippen molar-refractivity contribution in [3.8, 4) is 0 Å². The van der Waals surface area contributed by atoms with E-state index in [9.17, 15) is 0 Å². The molecule has 4 rings (SSSR count). The van der Waals surface area contributed by atoms with Gasteiger partial charge in [-0.2, -0.15) is 0 Å². The molecule has 0 heteroatoms. The SMILES string of the molecule is CC(C)[C@@H]1CCCC2CCCCC21.C[C@H]1CCCC2CCCCC21. The first-order chi connectivity index (χ1) is 11.7. The molecule has 0 amide bonds. The molecule has 4 saturated carbocycles. The Balaban J connectivity index is 0.000000143. The predicted octanol–water partition coefficient (Wildman–Crippen LogP) is 7.86. The standard InChI is InChI=1S/C13H24.C11H20/c1-10(2)12-9-5-7-11-6-3-4-8-13(11)12;1-9-5-4-7-10-6-2-3-8-11(9)10/h10-13H,3-9H2,1-2H3;9-11H,2-8H2,1H3/t11?,12-,13?;9-,10?,11?/m00/s1. The lowest BCUT2D eigenvalue weighted by atomic mass is 9.63. The fraction of sp³-hybridized carbons (Fsp3) is 1.00. The monoisotopic (exact) mass is 332 g/mol. The van der Waals surface area contributed by atoms with Crippen LogP contribution in [0.25, 0.3) is 0 Å². The first-order valence-corrected chi connectivity index (χ1v) is 11.7. The van der Waals surface area contributed by atoms with Crippen molar-refractivity contribution in [2.75, 3.05) is 0 Å². The van der Waals surface area contributed by atoms with Gasteiger partial charge in [0.05, 0.1) is 0 Å². The summed E-state index contributed by atoms with van der Waals surface area (Å²) in [5, 5.41) is 0. The van der Waals surface area contributed by atoms with E-state index in [1.54, 1.807) is 38.5 Å². The van der Waals surface area contributed by atoms with Crippen molar-refractivity contribution in [2.45, 2.75) is 111 Å². The van der Waals surface area contributed by atoms with Crippen LogP contribution in [0.1, 0.15) is 111 Å². The number of rotatable bonds is 1. The molecule has 24 heavy (non-hydrogen) atoms. The van der Waals surface area contributed by atoms with Crippen LogP contribution in [0, 0.1) is 41.4 Å². The largest absolute Gasteiger partial charge is 0.0625 e. The number of fused-ring (bicyclic) bond motifs is 2. The molecule has 0 aromatic rings. The summed E-state index contributed by atoms with van der Waals surface area (Å²) in [7, 11) is 0. The van der Waals surface area contributed by atoms with Gasteiger partial charge in [0.25, 0.3) is 0 Å². The zero-order chi connectivity index (χ0) is 16.9. The minimum absolute atomic E-state index is 0.936. The van der Waals surface area contributed by atoms with Crippen molar-refractivity contribution in [3.05, 3.63) is 0 Å². The van der Waals surface area contributed by atoms with Gasteiger partial charge in [-0.25, -0.2) is 0 Å². The first kappa shape index (κ1) is 18.8. The Morgan fingerprint density at radius 1 is 0.542 bits per heavy atom. The third-order valence-corrected chi connectivity index (χ3v) is 8.42. The Bertz CT molecular complexity index is 353. The van der Waals surface area contributed by atoms with Crippen LogP contribution < -0.4 is 0 Å². The molecular formula is C24H44. The lowest BCUT2D eigenvalue weighted by Crippen LogP contribution is -2.33. The van der Waals surface area contributed by atoms with E-state index in [0.717, 1.165) is 41.4 Å². The van der Waals surface area contributed by atoms with Gasteiger partial charge in [0.1, 0.15) is 0 Å². The van der Waals surface area contributed by atoms with Crippen LogP contribution in [0.3, 0.4) is 0 Å². The second-order valence-corrected chi connectivity index (χ2v) is 10.2. The average Bonchev–Trinajstić information content (AvgIpc) is 2.62. The fourth-order valence-corrected chi connectivity index (χ4v) is 7.08. The van der Waals surface area contributed by atoms with Gasteiger partial charge >= 0.3 is 0 Å². The van der Waals surface area contributed by atoms with E-state index in [2.05, 4.69) is 20.8 Å². The van der Waals surface area contributed by atoms with E-state index in [1.807, 2.05) is 0 Å². The second-order valence-electron chi connectivity index (χ2n) is 10.2. The Hall–Kier alpha value is 0. The van der Waals surface area contributed by atoms with Gasteiger partial charge in [0.2, 0.25) is 0 Å². The third kappa shape index (κ3) is 4.59. The van der Waals surface area contributed by atoms with Gasteiger partial charge in [-0.15, -0.1) is 0 Å². The van der Waals surface area contributed by atoms with Crippen LogP contribution in [0.15, 0.2) is 0 Å². The lowest BCUT2D eigenvalue weighted by molar-refractivity contribution is 0.0747. The average molecular weight is 333 g/mol. The zero-order valence-corrected chi connectivity index (χ0v) is 16.9. The van der Waals surface area contributed by atoms with Crippen LogP contribution in [0.5, 0.6) is 0 Å². The summed E-state index contributed by atoms with van der Waals surface area (Å²) in [6.07, 6.45) is 21.5. The molecule has 0 nitrogen and oxygen atoms in total. The Kier molecular flexibility index (Phi) is 7.11. The van der Waals surface area contributed by atoms with Gasteiger partial charge < -0.3 is 0 Å². The number of hydrogen-bond acceptors (Lipinski definition) is 0. The van der Waals surface area contributed by atoms with Crippen LogP contribution in [0.2, 0.25) is 0 Å². The Morgan fingerprint density at radius 2 is 1.04 bits per heavy atom. The van der Waals surface area contributed by atoms with Gasteiger partial charge in [0, 0.05) is 0 Å². The van der Waals surface area contributed by atoms with Crippen LogP contribution in [0.4, 0.5) is 0 Å².